The Balaban J connectivity index is 2.42. The highest BCUT2D eigenvalue weighted by atomic mass is 16.4. The van der Waals surface area contributed by atoms with Gasteiger partial charge in [0.25, 0.3) is 0 Å². The summed E-state index contributed by atoms with van der Waals surface area (Å²) >= 11 is 0. The topological polar surface area (TPSA) is 46.0 Å². The van der Waals surface area contributed by atoms with Gasteiger partial charge in [-0.1, -0.05) is 26.8 Å². The zero-order valence-corrected chi connectivity index (χ0v) is 9.26. The van der Waals surface area contributed by atoms with Crippen molar-refractivity contribution in [1.82, 2.24) is 4.98 Å². The van der Waals surface area contributed by atoms with E-state index in [1.54, 1.807) is 0 Å². The minimum Gasteiger partial charge on any atom is -0.408 e. The number of fused-ring (bicyclic) bond motifs is 1. The molecule has 0 aliphatic carbocycles. The van der Waals surface area contributed by atoms with Gasteiger partial charge in [-0.05, 0) is 29.5 Å². The average Bonchev–Trinajstić information content (AvgIpc) is 2.40. The van der Waals surface area contributed by atoms with Crippen LogP contribution in [0.1, 0.15) is 26.3 Å². The molecule has 1 aromatic carbocycles. The summed E-state index contributed by atoms with van der Waals surface area (Å²) in [6.07, 6.45) is 0.970. The molecule has 0 fully saturated rings. The van der Waals surface area contributed by atoms with Gasteiger partial charge in [0.1, 0.15) is 0 Å². The Bertz CT molecular complexity index is 528. The zero-order valence-electron chi connectivity index (χ0n) is 9.26. The lowest BCUT2D eigenvalue weighted by molar-refractivity contribution is 0.411. The molecular weight excluding hydrogens is 190 g/mol. The van der Waals surface area contributed by atoms with E-state index in [0.29, 0.717) is 5.58 Å². The molecule has 3 heteroatoms. The molecular formula is C12H15NO2. The molecule has 0 aliphatic rings. The van der Waals surface area contributed by atoms with Crippen LogP contribution < -0.4 is 5.76 Å². The Morgan fingerprint density at radius 3 is 2.73 bits per heavy atom. The minimum atomic E-state index is -0.391. The van der Waals surface area contributed by atoms with Gasteiger partial charge in [0.2, 0.25) is 0 Å². The first kappa shape index (κ1) is 10.0. The normalized spacial score (nSPS) is 12.2. The van der Waals surface area contributed by atoms with Crippen molar-refractivity contribution in [3.8, 4) is 0 Å². The Kier molecular flexibility index (Phi) is 2.18. The Labute approximate surface area is 88.1 Å². The molecule has 80 valence electrons. The summed E-state index contributed by atoms with van der Waals surface area (Å²) in [6.45, 7) is 6.56. The van der Waals surface area contributed by atoms with Crippen LogP contribution in [0.4, 0.5) is 0 Å². The van der Waals surface area contributed by atoms with E-state index >= 15 is 0 Å². The Hall–Kier alpha value is -1.51. The van der Waals surface area contributed by atoms with E-state index in [9.17, 15) is 4.79 Å². The second-order valence-corrected chi connectivity index (χ2v) is 5.08. The molecule has 0 saturated carbocycles. The molecule has 0 atom stereocenters. The summed E-state index contributed by atoms with van der Waals surface area (Å²) in [4.78, 5) is 13.6. The Morgan fingerprint density at radius 2 is 2.07 bits per heavy atom. The molecule has 0 bridgehead atoms. The van der Waals surface area contributed by atoms with Gasteiger partial charge >= 0.3 is 5.76 Å². The molecule has 1 aromatic heterocycles. The fraction of sp³-hybridized carbons (Fsp3) is 0.417. The van der Waals surface area contributed by atoms with Gasteiger partial charge in [0, 0.05) is 0 Å². The largest absolute Gasteiger partial charge is 0.417 e. The first-order valence-corrected chi connectivity index (χ1v) is 5.06. The summed E-state index contributed by atoms with van der Waals surface area (Å²) in [6, 6.07) is 5.85. The number of hydrogen-bond donors (Lipinski definition) is 1. The number of nitrogens with one attached hydrogen (secondary N) is 1. The molecule has 1 N–H and O–H groups in total. The molecule has 2 aromatic rings. The molecule has 0 aliphatic heterocycles. The van der Waals surface area contributed by atoms with Crippen molar-refractivity contribution in [3.05, 3.63) is 34.3 Å². The van der Waals surface area contributed by atoms with Gasteiger partial charge < -0.3 is 4.42 Å². The van der Waals surface area contributed by atoms with Gasteiger partial charge in [-0.3, -0.25) is 4.98 Å². The summed E-state index contributed by atoms with van der Waals surface area (Å²) in [7, 11) is 0. The van der Waals surface area contributed by atoms with Crippen LogP contribution in [-0.2, 0) is 6.42 Å². The van der Waals surface area contributed by atoms with E-state index in [-0.39, 0.29) is 5.41 Å². The van der Waals surface area contributed by atoms with Crippen molar-refractivity contribution in [3.63, 3.8) is 0 Å². The number of aromatic amines is 1. The van der Waals surface area contributed by atoms with Crippen molar-refractivity contribution in [2.24, 2.45) is 5.41 Å². The predicted octanol–water partition coefficient (Wildman–Crippen LogP) is 2.71. The van der Waals surface area contributed by atoms with Gasteiger partial charge in [-0.2, -0.15) is 0 Å². The summed E-state index contributed by atoms with van der Waals surface area (Å²) in [5, 5.41) is 0. The Morgan fingerprint density at radius 1 is 1.33 bits per heavy atom. The van der Waals surface area contributed by atoms with E-state index < -0.39 is 5.76 Å². The van der Waals surface area contributed by atoms with Crippen LogP contribution in [0.3, 0.4) is 0 Å². The minimum absolute atomic E-state index is 0.240. The van der Waals surface area contributed by atoms with Gasteiger partial charge in [0.05, 0.1) is 5.52 Å². The van der Waals surface area contributed by atoms with Crippen LogP contribution in [-0.4, -0.2) is 4.98 Å². The molecule has 3 nitrogen and oxygen atoms in total. The lowest BCUT2D eigenvalue weighted by Gasteiger charge is -2.17. The maximum Gasteiger partial charge on any atom is 0.417 e. The first-order valence-electron chi connectivity index (χ1n) is 5.06. The third-order valence-corrected chi connectivity index (χ3v) is 2.22. The molecule has 15 heavy (non-hydrogen) atoms. The zero-order chi connectivity index (χ0) is 11.1. The SMILES string of the molecule is CC(C)(C)Cc1ccc2[nH]c(=O)oc2c1. The highest BCUT2D eigenvalue weighted by molar-refractivity contribution is 5.72. The maximum absolute atomic E-state index is 11.0. The molecule has 1 heterocycles. The fourth-order valence-corrected chi connectivity index (χ4v) is 1.71. The van der Waals surface area contributed by atoms with Gasteiger partial charge in [-0.15, -0.1) is 0 Å². The second-order valence-electron chi connectivity index (χ2n) is 5.08. The standard InChI is InChI=1S/C12H15NO2/c1-12(2,3)7-8-4-5-9-10(6-8)15-11(14)13-9/h4-6H,7H2,1-3H3,(H,13,14). The molecule has 0 spiro atoms. The third-order valence-electron chi connectivity index (χ3n) is 2.22. The molecule has 0 saturated heterocycles. The van der Waals surface area contributed by atoms with E-state index in [1.807, 2.05) is 18.2 Å². The van der Waals surface area contributed by atoms with Gasteiger partial charge in [0.15, 0.2) is 5.58 Å². The average molecular weight is 205 g/mol. The summed E-state index contributed by atoms with van der Waals surface area (Å²) in [5.41, 5.74) is 2.83. The van der Waals surface area contributed by atoms with Gasteiger partial charge in [-0.25, -0.2) is 4.79 Å². The van der Waals surface area contributed by atoms with Crippen molar-refractivity contribution in [2.45, 2.75) is 27.2 Å². The lowest BCUT2D eigenvalue weighted by atomic mass is 9.88. The highest BCUT2D eigenvalue weighted by Gasteiger charge is 2.12. The van der Waals surface area contributed by atoms with Crippen molar-refractivity contribution in [2.75, 3.05) is 0 Å². The maximum atomic E-state index is 11.0. The first-order chi connectivity index (χ1) is 6.94. The number of H-pyrrole nitrogens is 1. The quantitative estimate of drug-likeness (QED) is 0.778. The molecule has 0 radical (unpaired) electrons. The molecule has 0 unspecified atom stereocenters. The van der Waals surface area contributed by atoms with Crippen molar-refractivity contribution >= 4 is 11.1 Å². The lowest BCUT2D eigenvalue weighted by Crippen LogP contribution is -2.08. The number of aromatic nitrogens is 1. The third kappa shape index (κ3) is 2.29. The smallest absolute Gasteiger partial charge is 0.408 e. The van der Waals surface area contributed by atoms with Crippen LogP contribution >= 0.6 is 0 Å². The fourth-order valence-electron chi connectivity index (χ4n) is 1.71. The van der Waals surface area contributed by atoms with Crippen LogP contribution in [0.15, 0.2) is 27.4 Å². The summed E-state index contributed by atoms with van der Waals surface area (Å²) < 4.78 is 5.01. The van der Waals surface area contributed by atoms with Crippen LogP contribution in [0.5, 0.6) is 0 Å². The number of hydrogen-bond acceptors (Lipinski definition) is 2. The summed E-state index contributed by atoms with van der Waals surface area (Å²) in [5.74, 6) is -0.391. The number of rotatable bonds is 1. The van der Waals surface area contributed by atoms with Crippen molar-refractivity contribution in [1.29, 1.82) is 0 Å². The van der Waals surface area contributed by atoms with Crippen LogP contribution in [0.25, 0.3) is 11.1 Å². The van der Waals surface area contributed by atoms with Crippen molar-refractivity contribution < 1.29 is 4.42 Å². The predicted molar refractivity (Wildman–Crippen MR) is 60.0 cm³/mol. The second kappa shape index (κ2) is 3.26. The highest BCUT2D eigenvalue weighted by Crippen LogP contribution is 2.22. The van der Waals surface area contributed by atoms with E-state index in [0.717, 1.165) is 11.9 Å². The number of benzene rings is 1. The van der Waals surface area contributed by atoms with Crippen LogP contribution in [0, 0.1) is 5.41 Å². The molecule has 0 amide bonds. The van der Waals surface area contributed by atoms with E-state index in [1.165, 1.54) is 5.56 Å². The van der Waals surface area contributed by atoms with E-state index in [4.69, 9.17) is 4.42 Å². The monoisotopic (exact) mass is 205 g/mol. The van der Waals surface area contributed by atoms with E-state index in [2.05, 4.69) is 25.8 Å². The molecule has 2 rings (SSSR count). The number of oxazole rings is 1. The van der Waals surface area contributed by atoms with Crippen LogP contribution in [0.2, 0.25) is 0 Å².